The molecule has 1 N–H and O–H groups in total. The summed E-state index contributed by atoms with van der Waals surface area (Å²) < 4.78 is 0. The molecule has 1 heterocycles. The first-order chi connectivity index (χ1) is 6.27. The van der Waals surface area contributed by atoms with E-state index in [1.165, 1.54) is 44.3 Å². The number of nitrogens with one attached hydrogen (secondary N) is 1. The number of hydrogen-bond acceptors (Lipinski definition) is 1. The molecule has 1 aliphatic heterocycles. The summed E-state index contributed by atoms with van der Waals surface area (Å²) in [5.74, 6) is 0. The first kappa shape index (κ1) is 7.81. The predicted octanol–water partition coefficient (Wildman–Crippen LogP) is 2.26. The van der Waals surface area contributed by atoms with E-state index in [1.54, 1.807) is 0 Å². The Labute approximate surface area is 79.9 Å². The molecule has 1 heteroatoms. The summed E-state index contributed by atoms with van der Waals surface area (Å²) >= 11 is 0. The smallest absolute Gasteiger partial charge is 0.00201 e. The standard InChI is InChI=1S/C12H17N/c1-10-6-11-4-2-3-5-12(11,7-10)9-13-8-11/h2-3,13H,1,4-9H2. The molecule has 3 rings (SSSR count). The Hall–Kier alpha value is -0.560. The van der Waals surface area contributed by atoms with Crippen LogP contribution in [0, 0.1) is 10.8 Å². The molecule has 13 heavy (non-hydrogen) atoms. The molecule has 2 atom stereocenters. The van der Waals surface area contributed by atoms with Crippen molar-refractivity contribution in [3.8, 4) is 0 Å². The van der Waals surface area contributed by atoms with Crippen LogP contribution in [0.1, 0.15) is 25.7 Å². The second-order valence-corrected chi connectivity index (χ2v) is 5.15. The third-order valence-corrected chi connectivity index (χ3v) is 4.41. The summed E-state index contributed by atoms with van der Waals surface area (Å²) in [6, 6.07) is 0. The SMILES string of the molecule is C=C1CC23CC=CCC2(CNC3)C1. The first-order valence-electron chi connectivity index (χ1n) is 5.29. The van der Waals surface area contributed by atoms with E-state index < -0.39 is 0 Å². The lowest BCUT2D eigenvalue weighted by Gasteiger charge is -2.40. The van der Waals surface area contributed by atoms with Crippen LogP contribution in [0.5, 0.6) is 0 Å². The average Bonchev–Trinajstić information content (AvgIpc) is 2.54. The largest absolute Gasteiger partial charge is 0.316 e. The summed E-state index contributed by atoms with van der Waals surface area (Å²) in [5, 5.41) is 3.59. The summed E-state index contributed by atoms with van der Waals surface area (Å²) in [7, 11) is 0. The number of rotatable bonds is 0. The van der Waals surface area contributed by atoms with Crippen LogP contribution < -0.4 is 5.32 Å². The van der Waals surface area contributed by atoms with Crippen LogP contribution in [0.25, 0.3) is 0 Å². The fourth-order valence-electron chi connectivity index (χ4n) is 3.78. The van der Waals surface area contributed by atoms with E-state index in [2.05, 4.69) is 24.0 Å². The van der Waals surface area contributed by atoms with Gasteiger partial charge in [-0.1, -0.05) is 24.3 Å². The average molecular weight is 175 g/mol. The highest BCUT2D eigenvalue weighted by molar-refractivity contribution is 5.26. The van der Waals surface area contributed by atoms with Crippen LogP contribution in [-0.4, -0.2) is 13.1 Å². The van der Waals surface area contributed by atoms with Gasteiger partial charge in [0.2, 0.25) is 0 Å². The molecule has 0 bridgehead atoms. The third kappa shape index (κ3) is 0.812. The van der Waals surface area contributed by atoms with Crippen LogP contribution in [0.15, 0.2) is 24.3 Å². The maximum Gasteiger partial charge on any atom is 0.00201 e. The maximum absolute atomic E-state index is 4.19. The molecule has 3 aliphatic rings. The second-order valence-electron chi connectivity index (χ2n) is 5.15. The molecule has 0 radical (unpaired) electrons. The van der Waals surface area contributed by atoms with Crippen LogP contribution in [0.3, 0.4) is 0 Å². The van der Waals surface area contributed by atoms with Gasteiger partial charge in [0.1, 0.15) is 0 Å². The van der Waals surface area contributed by atoms with Gasteiger partial charge in [-0.25, -0.2) is 0 Å². The minimum Gasteiger partial charge on any atom is -0.316 e. The van der Waals surface area contributed by atoms with Crippen LogP contribution >= 0.6 is 0 Å². The molecular weight excluding hydrogens is 158 g/mol. The van der Waals surface area contributed by atoms with Crippen molar-refractivity contribution < 1.29 is 0 Å². The molecule has 0 aromatic rings. The van der Waals surface area contributed by atoms with E-state index in [0.29, 0.717) is 10.8 Å². The number of allylic oxidation sites excluding steroid dienone is 3. The Kier molecular flexibility index (Phi) is 1.36. The minimum absolute atomic E-state index is 0.554. The molecule has 1 saturated heterocycles. The lowest BCUT2D eigenvalue weighted by atomic mass is 9.62. The lowest BCUT2D eigenvalue weighted by molar-refractivity contribution is 0.131. The second kappa shape index (κ2) is 2.27. The normalized spacial score (nSPS) is 47.8. The lowest BCUT2D eigenvalue weighted by Crippen LogP contribution is -2.37. The zero-order valence-corrected chi connectivity index (χ0v) is 8.10. The van der Waals surface area contributed by atoms with Crippen molar-refractivity contribution in [2.75, 3.05) is 13.1 Å². The molecule has 2 aliphatic carbocycles. The monoisotopic (exact) mass is 175 g/mol. The predicted molar refractivity (Wildman–Crippen MR) is 54.5 cm³/mol. The topological polar surface area (TPSA) is 12.0 Å². The van der Waals surface area contributed by atoms with Gasteiger partial charge in [0.15, 0.2) is 0 Å². The van der Waals surface area contributed by atoms with Crippen molar-refractivity contribution in [3.05, 3.63) is 24.3 Å². The molecule has 0 amide bonds. The summed E-state index contributed by atoms with van der Waals surface area (Å²) in [5.41, 5.74) is 2.60. The highest BCUT2D eigenvalue weighted by atomic mass is 15.0. The van der Waals surface area contributed by atoms with Gasteiger partial charge in [-0.15, -0.1) is 0 Å². The van der Waals surface area contributed by atoms with E-state index in [9.17, 15) is 0 Å². The van der Waals surface area contributed by atoms with Crippen molar-refractivity contribution in [1.82, 2.24) is 5.32 Å². The van der Waals surface area contributed by atoms with Crippen molar-refractivity contribution in [2.24, 2.45) is 10.8 Å². The third-order valence-electron chi connectivity index (χ3n) is 4.41. The Bertz CT molecular complexity index is 265. The van der Waals surface area contributed by atoms with Crippen LogP contribution in [0.4, 0.5) is 0 Å². The molecule has 0 aromatic carbocycles. The van der Waals surface area contributed by atoms with Gasteiger partial charge in [-0.2, -0.15) is 0 Å². The molecule has 2 fully saturated rings. The minimum atomic E-state index is 0.554. The van der Waals surface area contributed by atoms with E-state index in [-0.39, 0.29) is 0 Å². The molecule has 0 aromatic heterocycles. The van der Waals surface area contributed by atoms with Gasteiger partial charge in [-0.05, 0) is 36.5 Å². The fourth-order valence-corrected chi connectivity index (χ4v) is 3.78. The van der Waals surface area contributed by atoms with E-state index >= 15 is 0 Å². The van der Waals surface area contributed by atoms with E-state index in [0.717, 1.165) is 0 Å². The highest BCUT2D eigenvalue weighted by Crippen LogP contribution is 2.62. The summed E-state index contributed by atoms with van der Waals surface area (Å²) in [6.45, 7) is 6.63. The molecule has 1 nitrogen and oxygen atoms in total. The fraction of sp³-hybridized carbons (Fsp3) is 0.667. The molecule has 2 unspecified atom stereocenters. The Morgan fingerprint density at radius 2 is 1.62 bits per heavy atom. The molecular formula is C12H17N. The van der Waals surface area contributed by atoms with Crippen molar-refractivity contribution in [3.63, 3.8) is 0 Å². The molecule has 70 valence electrons. The van der Waals surface area contributed by atoms with E-state index in [1.807, 2.05) is 0 Å². The van der Waals surface area contributed by atoms with Crippen molar-refractivity contribution in [2.45, 2.75) is 25.7 Å². The zero-order valence-electron chi connectivity index (χ0n) is 8.10. The van der Waals surface area contributed by atoms with Gasteiger partial charge >= 0.3 is 0 Å². The summed E-state index contributed by atoms with van der Waals surface area (Å²) in [6.07, 6.45) is 9.85. The Morgan fingerprint density at radius 3 is 2.15 bits per heavy atom. The Morgan fingerprint density at radius 1 is 1.08 bits per heavy atom. The van der Waals surface area contributed by atoms with Crippen molar-refractivity contribution >= 4 is 0 Å². The van der Waals surface area contributed by atoms with Gasteiger partial charge in [0.05, 0.1) is 0 Å². The molecule has 1 saturated carbocycles. The first-order valence-corrected chi connectivity index (χ1v) is 5.29. The number of hydrogen-bond donors (Lipinski definition) is 1. The zero-order chi connectivity index (χ0) is 8.94. The maximum atomic E-state index is 4.19. The van der Waals surface area contributed by atoms with Gasteiger partial charge in [0.25, 0.3) is 0 Å². The van der Waals surface area contributed by atoms with E-state index in [4.69, 9.17) is 0 Å². The highest BCUT2D eigenvalue weighted by Gasteiger charge is 2.58. The van der Waals surface area contributed by atoms with Crippen LogP contribution in [0.2, 0.25) is 0 Å². The Balaban J connectivity index is 2.08. The van der Waals surface area contributed by atoms with Gasteiger partial charge < -0.3 is 5.32 Å². The van der Waals surface area contributed by atoms with Gasteiger partial charge in [0, 0.05) is 13.1 Å². The van der Waals surface area contributed by atoms with Crippen LogP contribution in [-0.2, 0) is 0 Å². The van der Waals surface area contributed by atoms with Crippen molar-refractivity contribution in [1.29, 1.82) is 0 Å². The van der Waals surface area contributed by atoms with Gasteiger partial charge in [-0.3, -0.25) is 0 Å². The molecule has 0 spiro atoms. The quantitative estimate of drug-likeness (QED) is 0.557. The summed E-state index contributed by atoms with van der Waals surface area (Å²) in [4.78, 5) is 0.